The van der Waals surface area contributed by atoms with E-state index in [1.54, 1.807) is 12.1 Å². The Kier molecular flexibility index (Phi) is 2.96. The Hall–Kier alpha value is -2.08. The fourth-order valence-corrected chi connectivity index (χ4v) is 2.90. The molecule has 0 radical (unpaired) electrons. The molecule has 0 atom stereocenters. The quantitative estimate of drug-likeness (QED) is 0.917. The maximum atomic E-state index is 12.2. The summed E-state index contributed by atoms with van der Waals surface area (Å²) in [6.07, 6.45) is 1.22. The van der Waals surface area contributed by atoms with Gasteiger partial charge in [0, 0.05) is 6.20 Å². The molecule has 0 fully saturated rings. The number of rotatable bonds is 3. The molecule has 0 saturated carbocycles. The fourth-order valence-electron chi connectivity index (χ4n) is 1.57. The summed E-state index contributed by atoms with van der Waals surface area (Å²) >= 11 is 0. The van der Waals surface area contributed by atoms with E-state index in [2.05, 4.69) is 0 Å². The summed E-state index contributed by atoms with van der Waals surface area (Å²) in [4.78, 5) is 11.0. The topological polar surface area (TPSA) is 76.4 Å². The van der Waals surface area contributed by atoms with Gasteiger partial charge in [-0.05, 0) is 31.2 Å². The van der Waals surface area contributed by atoms with Crippen molar-refractivity contribution in [3.8, 4) is 0 Å². The summed E-state index contributed by atoms with van der Waals surface area (Å²) in [7, 11) is -3.85. The van der Waals surface area contributed by atoms with Crippen LogP contribution in [0.1, 0.15) is 16.1 Å². The minimum absolute atomic E-state index is 0.0619. The van der Waals surface area contributed by atoms with E-state index in [9.17, 15) is 13.2 Å². The summed E-state index contributed by atoms with van der Waals surface area (Å²) in [5.41, 5.74) is 0.649. The molecule has 0 unspecified atom stereocenters. The Bertz CT molecular complexity index is 683. The molecule has 0 aliphatic carbocycles. The third-order valence-electron chi connectivity index (χ3n) is 2.51. The van der Waals surface area contributed by atoms with Gasteiger partial charge in [-0.25, -0.2) is 17.2 Å². The van der Waals surface area contributed by atoms with E-state index in [1.165, 1.54) is 30.5 Å². The molecule has 0 amide bonds. The molecular weight excluding hydrogens is 254 g/mol. The van der Waals surface area contributed by atoms with Crippen molar-refractivity contribution < 1.29 is 18.3 Å². The number of aromatic nitrogens is 1. The Balaban J connectivity index is 2.58. The number of carboxylic acids is 1. The second-order valence-corrected chi connectivity index (χ2v) is 5.63. The lowest BCUT2D eigenvalue weighted by atomic mass is 10.2. The molecule has 0 aliphatic heterocycles. The third kappa shape index (κ3) is 2.02. The van der Waals surface area contributed by atoms with Crippen LogP contribution in [0, 0.1) is 6.92 Å². The van der Waals surface area contributed by atoms with Crippen molar-refractivity contribution in [2.24, 2.45) is 0 Å². The maximum Gasteiger partial charge on any atom is 0.353 e. The van der Waals surface area contributed by atoms with E-state index in [0.29, 0.717) is 0 Å². The van der Waals surface area contributed by atoms with Crippen molar-refractivity contribution >= 4 is 16.0 Å². The predicted molar refractivity (Wildman–Crippen MR) is 65.2 cm³/mol. The molecule has 5 nitrogen and oxygen atoms in total. The van der Waals surface area contributed by atoms with Crippen molar-refractivity contribution in [2.75, 3.05) is 0 Å². The molecule has 0 saturated heterocycles. The zero-order chi connectivity index (χ0) is 13.3. The Morgan fingerprint density at radius 1 is 1.17 bits per heavy atom. The lowest BCUT2D eigenvalue weighted by Crippen LogP contribution is -2.17. The molecule has 0 aliphatic rings. The monoisotopic (exact) mass is 265 g/mol. The highest BCUT2D eigenvalue weighted by molar-refractivity contribution is 7.90. The van der Waals surface area contributed by atoms with Crippen LogP contribution in [0.25, 0.3) is 0 Å². The zero-order valence-corrected chi connectivity index (χ0v) is 10.4. The number of carboxylic acid groups (broad SMARTS) is 1. The highest BCUT2D eigenvalue weighted by Gasteiger charge is 2.21. The molecule has 2 rings (SSSR count). The second kappa shape index (κ2) is 4.30. The van der Waals surface area contributed by atoms with E-state index in [1.807, 2.05) is 6.92 Å². The average Bonchev–Trinajstić information content (AvgIpc) is 2.79. The van der Waals surface area contributed by atoms with E-state index in [4.69, 9.17) is 5.11 Å². The first-order chi connectivity index (χ1) is 8.43. The van der Waals surface area contributed by atoms with Crippen LogP contribution in [-0.4, -0.2) is 23.5 Å². The number of hydrogen-bond acceptors (Lipinski definition) is 3. The molecule has 18 heavy (non-hydrogen) atoms. The summed E-state index contributed by atoms with van der Waals surface area (Å²) in [5, 5.41) is 8.92. The number of carbonyl (C=O) groups is 1. The van der Waals surface area contributed by atoms with Gasteiger partial charge in [0.2, 0.25) is 0 Å². The Morgan fingerprint density at radius 2 is 1.78 bits per heavy atom. The van der Waals surface area contributed by atoms with Gasteiger partial charge in [-0.2, -0.15) is 0 Å². The highest BCUT2D eigenvalue weighted by atomic mass is 32.2. The molecule has 1 N–H and O–H groups in total. The first-order valence-electron chi connectivity index (χ1n) is 5.16. The standard InChI is InChI=1S/C12H11NO4S/c1-9-4-6-10(7-5-9)18(16,17)13-8-2-3-11(13)12(14)15/h2-8H,1H3,(H,14,15). The summed E-state index contributed by atoms with van der Waals surface area (Å²) < 4.78 is 25.2. The molecule has 6 heteroatoms. The summed E-state index contributed by atoms with van der Waals surface area (Å²) in [5.74, 6) is -1.28. The molecular formula is C12H11NO4S. The Labute approximate surface area is 104 Å². The van der Waals surface area contributed by atoms with Crippen LogP contribution >= 0.6 is 0 Å². The smallest absolute Gasteiger partial charge is 0.353 e. The van der Waals surface area contributed by atoms with Gasteiger partial charge in [-0.3, -0.25) is 0 Å². The predicted octanol–water partition coefficient (Wildman–Crippen LogP) is 1.73. The molecule has 94 valence electrons. The van der Waals surface area contributed by atoms with Gasteiger partial charge in [0.15, 0.2) is 0 Å². The van der Waals surface area contributed by atoms with Gasteiger partial charge in [0.05, 0.1) is 4.90 Å². The van der Waals surface area contributed by atoms with E-state index in [-0.39, 0.29) is 10.6 Å². The summed E-state index contributed by atoms with van der Waals surface area (Å²) in [6.45, 7) is 1.84. The molecule has 0 spiro atoms. The average molecular weight is 265 g/mol. The number of aryl methyl sites for hydroxylation is 1. The molecule has 1 aromatic heterocycles. The number of benzene rings is 1. The molecule has 1 heterocycles. The van der Waals surface area contributed by atoms with Crippen LogP contribution in [0.4, 0.5) is 0 Å². The maximum absolute atomic E-state index is 12.2. The highest BCUT2D eigenvalue weighted by Crippen LogP contribution is 2.17. The third-order valence-corrected chi connectivity index (χ3v) is 4.21. The van der Waals surface area contributed by atoms with E-state index in [0.717, 1.165) is 9.54 Å². The van der Waals surface area contributed by atoms with Crippen LogP contribution in [0.15, 0.2) is 47.5 Å². The fraction of sp³-hybridized carbons (Fsp3) is 0.0833. The number of aromatic carboxylic acids is 1. The van der Waals surface area contributed by atoms with Crippen molar-refractivity contribution in [1.82, 2.24) is 3.97 Å². The van der Waals surface area contributed by atoms with Crippen LogP contribution in [0.3, 0.4) is 0 Å². The largest absolute Gasteiger partial charge is 0.477 e. The van der Waals surface area contributed by atoms with Gasteiger partial charge >= 0.3 is 5.97 Å². The van der Waals surface area contributed by atoms with Crippen molar-refractivity contribution in [2.45, 2.75) is 11.8 Å². The van der Waals surface area contributed by atoms with Gasteiger partial charge in [-0.15, -0.1) is 0 Å². The van der Waals surface area contributed by atoms with Gasteiger partial charge in [0.25, 0.3) is 10.0 Å². The van der Waals surface area contributed by atoms with Crippen molar-refractivity contribution in [1.29, 1.82) is 0 Å². The SMILES string of the molecule is Cc1ccc(S(=O)(=O)n2cccc2C(=O)O)cc1. The zero-order valence-electron chi connectivity index (χ0n) is 9.57. The van der Waals surface area contributed by atoms with Crippen LogP contribution in [0.2, 0.25) is 0 Å². The molecule has 2 aromatic rings. The minimum atomic E-state index is -3.85. The lowest BCUT2D eigenvalue weighted by Gasteiger charge is -2.08. The lowest BCUT2D eigenvalue weighted by molar-refractivity contribution is 0.0689. The number of nitrogens with zero attached hydrogens (tertiary/aromatic N) is 1. The van der Waals surface area contributed by atoms with E-state index >= 15 is 0 Å². The molecule has 0 bridgehead atoms. The van der Waals surface area contributed by atoms with Crippen molar-refractivity contribution in [3.63, 3.8) is 0 Å². The normalized spacial score (nSPS) is 11.4. The first kappa shape index (κ1) is 12.4. The first-order valence-corrected chi connectivity index (χ1v) is 6.60. The minimum Gasteiger partial charge on any atom is -0.477 e. The van der Waals surface area contributed by atoms with Crippen molar-refractivity contribution in [3.05, 3.63) is 53.9 Å². The van der Waals surface area contributed by atoms with Crippen LogP contribution in [0.5, 0.6) is 0 Å². The number of hydrogen-bond donors (Lipinski definition) is 1. The van der Waals surface area contributed by atoms with Gasteiger partial charge in [0.1, 0.15) is 5.69 Å². The summed E-state index contributed by atoms with van der Waals surface area (Å²) in [6, 6.07) is 8.86. The Morgan fingerprint density at radius 3 is 2.33 bits per heavy atom. The van der Waals surface area contributed by atoms with Gasteiger partial charge < -0.3 is 5.11 Å². The van der Waals surface area contributed by atoms with Crippen LogP contribution in [-0.2, 0) is 10.0 Å². The van der Waals surface area contributed by atoms with E-state index < -0.39 is 16.0 Å². The molecule has 1 aromatic carbocycles. The second-order valence-electron chi connectivity index (χ2n) is 3.81. The van der Waals surface area contributed by atoms with Gasteiger partial charge in [-0.1, -0.05) is 17.7 Å². The van der Waals surface area contributed by atoms with Crippen LogP contribution < -0.4 is 0 Å².